The fourth-order valence-electron chi connectivity index (χ4n) is 16.5. The van der Waals surface area contributed by atoms with Gasteiger partial charge in [-0.3, -0.25) is 82.1 Å². The number of hydrogen-bond donors (Lipinski definition) is 20. The van der Waals surface area contributed by atoms with Crippen molar-refractivity contribution in [3.05, 3.63) is 102 Å². The van der Waals surface area contributed by atoms with Crippen LogP contribution in [-0.2, 0) is 96.0 Å². The zero-order chi connectivity index (χ0) is 96.7. The molecule has 15 atom stereocenters. The van der Waals surface area contributed by atoms with Crippen molar-refractivity contribution in [1.29, 1.82) is 5.41 Å². The molecule has 3 aliphatic heterocycles. The Balaban J connectivity index is 1.18. The van der Waals surface area contributed by atoms with Crippen LogP contribution in [0.15, 0.2) is 85.2 Å². The van der Waals surface area contributed by atoms with E-state index in [0.717, 1.165) is 26.5 Å². The average Bonchev–Trinajstić information content (AvgIpc) is 1.62. The van der Waals surface area contributed by atoms with Crippen LogP contribution in [0.25, 0.3) is 21.8 Å². The van der Waals surface area contributed by atoms with E-state index in [4.69, 9.17) is 22.6 Å². The number of phenolic OH excluding ortho intramolecular Hbond substituents is 1. The topological polar surface area (TPSA) is 616 Å². The molecule has 3 aromatic carbocycles. The Bertz CT molecular complexity index is 4880. The predicted octanol–water partition coefficient (Wildman–Crippen LogP) is -1.62. The summed E-state index contributed by atoms with van der Waals surface area (Å²) in [5.74, 6) is -15.7. The molecule has 722 valence electrons. The Morgan fingerprint density at radius 2 is 1.09 bits per heavy atom. The number of benzene rings is 3. The Morgan fingerprint density at radius 3 is 1.71 bits per heavy atom. The number of aliphatic hydroxyl groups is 2. The Labute approximate surface area is 771 Å². The lowest BCUT2D eigenvalue weighted by atomic mass is 9.99. The normalized spacial score (nSPS) is 25.1. The molecule has 0 unspecified atom stereocenters. The third-order valence-corrected chi connectivity index (χ3v) is 25.0. The summed E-state index contributed by atoms with van der Waals surface area (Å²) in [7, 11) is 4.02. The van der Waals surface area contributed by atoms with E-state index in [-0.39, 0.29) is 108 Å². The Morgan fingerprint density at radius 1 is 0.545 bits per heavy atom. The van der Waals surface area contributed by atoms with Crippen LogP contribution < -0.4 is 75.7 Å². The predicted molar refractivity (Wildman–Crippen MR) is 492 cm³/mol. The van der Waals surface area contributed by atoms with Crippen LogP contribution >= 0.6 is 11.8 Å². The molecule has 0 spiro atoms. The first-order chi connectivity index (χ1) is 62.9. The first-order valence-electron chi connectivity index (χ1n) is 45.1. The standard InChI is InChI=1S/C90H132N22O19S/c1-10-12-14-29-72-89(131)109(8)70(28-13-11-2)82(124)101-62(27-20-36-95-90(93)94)79(121)107-69(78(120)98-45-74(92)116)48-132-49-75(117)100-66(39-53-31-33-56(114)34-32-53)85(127)108(7)52(6)77(119)102-63(26-19-35-91)87(129)111-37-21-30-71(111)83(125)99-51(5)76(118)104-65(38-50(3)4)88(130)112-46-57(115)42-73(112)84(126)103-64(40-54-43-96-60-24-17-15-22-58(54)60)80(122)106-68(47-113)81(123)105-67(86(128)110(72)9)41-55-44-97-61-25-18-16-23-59(55)61/h15-18,22-25,31-34,43-44,50-52,57,62-73,96-97,113-115H,10-14,19-21,26-30,35-42,45-49,91H2,1-9H3,(H2,92,116)(H,98,120)(H,99,125)(H,100,117)(H,101,124)(H,102,119)(H,103,126)(H,104,118)(H,105,123)(H,106,122)(H,107,121)(H4,93,94,95)/t51-,52-,57+,62-,63-,64-,65-,66-,67-,68-,69-,70-,71-,72-,73-/m0/s1. The number of fused-ring (bicyclic) bond motifs is 4. The third kappa shape index (κ3) is 29.5. The highest BCUT2D eigenvalue weighted by molar-refractivity contribution is 8.00. The lowest BCUT2D eigenvalue weighted by Gasteiger charge is -2.36. The number of guanidine groups is 1. The van der Waals surface area contributed by atoms with Gasteiger partial charge in [-0.2, -0.15) is 0 Å². The zero-order valence-corrected chi connectivity index (χ0v) is 77.3. The van der Waals surface area contributed by atoms with E-state index in [9.17, 15) is 58.5 Å². The van der Waals surface area contributed by atoms with Gasteiger partial charge in [-0.05, 0) is 125 Å². The van der Waals surface area contributed by atoms with E-state index in [1.807, 2.05) is 13.8 Å². The molecule has 41 nitrogen and oxygen atoms in total. The first-order valence-corrected chi connectivity index (χ1v) is 46.3. The first kappa shape index (κ1) is 105. The number of thioether (sulfide) groups is 1. The number of nitrogens with one attached hydrogen (secondary N) is 14. The number of unbranched alkanes of at least 4 members (excludes halogenated alkanes) is 3. The van der Waals surface area contributed by atoms with Gasteiger partial charge in [-0.15, -0.1) is 11.8 Å². The molecule has 0 radical (unpaired) electrons. The van der Waals surface area contributed by atoms with E-state index < -0.39 is 222 Å². The highest BCUT2D eigenvalue weighted by Gasteiger charge is 2.46. The van der Waals surface area contributed by atoms with Crippen molar-refractivity contribution in [1.82, 2.24) is 93.0 Å². The summed E-state index contributed by atoms with van der Waals surface area (Å²) in [5.41, 5.74) is 19.8. The van der Waals surface area contributed by atoms with Gasteiger partial charge in [0, 0.05) is 106 Å². The second-order valence-electron chi connectivity index (χ2n) is 34.5. The van der Waals surface area contributed by atoms with Crippen LogP contribution in [-0.4, -0.2) is 313 Å². The SMILES string of the molecule is CCCCC[C@H]1C(=O)N(C)[C@@H](CCCC)C(=O)N[C@@H](CCCNC(=N)N)C(=O)N[C@H](C(=O)NCC(N)=O)CSCC(=O)N[C@@H](Cc2ccc(O)cc2)C(=O)N(C)[C@@H](C)C(=O)N[C@@H](CCCN)C(=O)N2CCC[C@H]2C(=O)N[C@@H](C)C(=O)N[C@@H](CC(C)C)C(=O)N2C[C@H](O)C[C@H]2C(=O)N[C@@H](Cc2c[nH]c3ccccc23)C(=O)N[C@@H](CO)C(=O)N[C@@H](Cc2c[nH]c3ccccc23)C(=O)N1C. The highest BCUT2D eigenvalue weighted by Crippen LogP contribution is 2.28. The number of aromatic hydroxyl groups is 1. The van der Waals surface area contributed by atoms with Crippen LogP contribution in [0.1, 0.15) is 155 Å². The summed E-state index contributed by atoms with van der Waals surface area (Å²) >= 11 is 0.795. The van der Waals surface area contributed by atoms with Gasteiger partial charge in [0.1, 0.15) is 90.3 Å². The number of H-pyrrole nitrogens is 2. The van der Waals surface area contributed by atoms with E-state index in [2.05, 4.69) is 68.5 Å². The number of primary amides is 1. The van der Waals surface area contributed by atoms with Gasteiger partial charge >= 0.3 is 0 Å². The maximum absolute atomic E-state index is 15.8. The van der Waals surface area contributed by atoms with Crippen molar-refractivity contribution >= 4 is 134 Å². The highest BCUT2D eigenvalue weighted by atomic mass is 32.2. The maximum Gasteiger partial charge on any atom is 0.245 e. The largest absolute Gasteiger partial charge is 0.508 e. The Hall–Kier alpha value is -12.4. The lowest BCUT2D eigenvalue weighted by molar-refractivity contribution is -0.149. The second kappa shape index (κ2) is 50.8. The molecule has 132 heavy (non-hydrogen) atoms. The summed E-state index contributed by atoms with van der Waals surface area (Å²) in [6.45, 7) is 7.93. The quantitative estimate of drug-likeness (QED) is 0.0168. The smallest absolute Gasteiger partial charge is 0.245 e. The number of hydrogen-bond acceptors (Lipinski definition) is 22. The number of nitrogens with zero attached hydrogens (tertiary/aromatic N) is 5. The summed E-state index contributed by atoms with van der Waals surface area (Å²) in [6.07, 6.45) is 3.67. The fourth-order valence-corrected chi connectivity index (χ4v) is 17.3. The number of para-hydroxylation sites is 2. The molecule has 3 saturated heterocycles. The summed E-state index contributed by atoms with van der Waals surface area (Å²) in [4.78, 5) is 248. The number of aromatic amines is 2. The molecule has 0 saturated carbocycles. The number of amides is 16. The van der Waals surface area contributed by atoms with Gasteiger partial charge in [0.05, 0.1) is 25.0 Å². The van der Waals surface area contributed by atoms with Gasteiger partial charge < -0.3 is 125 Å². The minimum atomic E-state index is -1.87. The van der Waals surface area contributed by atoms with Gasteiger partial charge in [0.25, 0.3) is 0 Å². The number of likely N-dealkylation sites (N-methyl/N-ethyl adjacent to an activating group) is 3. The number of aliphatic hydroxyl groups excluding tert-OH is 2. The molecule has 5 aromatic rings. The van der Waals surface area contributed by atoms with Crippen LogP contribution in [0, 0.1) is 11.3 Å². The molecule has 3 fully saturated rings. The summed E-state index contributed by atoms with van der Waals surface area (Å²) in [5, 5.41) is 71.3. The monoisotopic (exact) mass is 1860 g/mol. The number of carbonyl (C=O) groups is 16. The third-order valence-electron chi connectivity index (χ3n) is 24.0. The molecule has 3 aliphatic rings. The minimum absolute atomic E-state index is 0.000603. The summed E-state index contributed by atoms with van der Waals surface area (Å²) < 4.78 is 0. The van der Waals surface area contributed by atoms with E-state index in [0.29, 0.717) is 77.0 Å². The van der Waals surface area contributed by atoms with Gasteiger partial charge in [0.2, 0.25) is 94.5 Å². The fraction of sp³-hybridized carbons (Fsp3) is 0.567. The van der Waals surface area contributed by atoms with Crippen LogP contribution in [0.5, 0.6) is 5.75 Å². The number of aromatic nitrogens is 2. The maximum atomic E-state index is 15.8. The van der Waals surface area contributed by atoms with Gasteiger partial charge in [-0.1, -0.05) is 108 Å². The number of carbonyl (C=O) groups excluding carboxylic acids is 16. The lowest BCUT2D eigenvalue weighted by Crippen LogP contribution is -2.61. The molecule has 0 bridgehead atoms. The molecule has 16 amide bonds. The van der Waals surface area contributed by atoms with Crippen molar-refractivity contribution in [3.8, 4) is 5.75 Å². The van der Waals surface area contributed by atoms with Crippen LogP contribution in [0.2, 0.25) is 0 Å². The molecule has 5 heterocycles. The number of nitrogens with two attached hydrogens (primary N) is 3. The Kier molecular flexibility index (Phi) is 40.4. The molecule has 8 rings (SSSR count). The molecule has 0 aliphatic carbocycles. The molecule has 23 N–H and O–H groups in total. The molecular weight excluding hydrogens is 1730 g/mol. The van der Waals surface area contributed by atoms with Crippen LogP contribution in [0.4, 0.5) is 0 Å². The minimum Gasteiger partial charge on any atom is -0.508 e. The van der Waals surface area contributed by atoms with Crippen LogP contribution in [0.3, 0.4) is 0 Å². The van der Waals surface area contributed by atoms with Gasteiger partial charge in [-0.25, -0.2) is 0 Å². The van der Waals surface area contributed by atoms with Gasteiger partial charge in [0.15, 0.2) is 5.96 Å². The summed E-state index contributed by atoms with van der Waals surface area (Å²) in [6, 6.07) is -0.674. The van der Waals surface area contributed by atoms with Crippen molar-refractivity contribution in [2.45, 2.75) is 248 Å². The zero-order valence-electron chi connectivity index (χ0n) is 76.5. The second-order valence-corrected chi connectivity index (χ2v) is 35.5. The van der Waals surface area contributed by atoms with E-state index in [1.54, 1.807) is 74.8 Å². The number of phenols is 1. The van der Waals surface area contributed by atoms with E-state index >= 15 is 33.6 Å². The molecule has 2 aromatic heterocycles. The van der Waals surface area contributed by atoms with Crippen molar-refractivity contribution in [2.24, 2.45) is 23.1 Å². The molecular formula is C90H132N22O19S. The van der Waals surface area contributed by atoms with E-state index in [1.165, 1.54) is 69.1 Å². The number of rotatable bonds is 26. The van der Waals surface area contributed by atoms with Crippen molar-refractivity contribution in [3.63, 3.8) is 0 Å². The molecule has 42 heteroatoms. The van der Waals surface area contributed by atoms with Crippen molar-refractivity contribution in [2.75, 3.05) is 72.0 Å². The van der Waals surface area contributed by atoms with Crippen molar-refractivity contribution < 1.29 is 92.0 Å². The average molecular weight is 1860 g/mol.